The Morgan fingerprint density at radius 1 is 1.60 bits per heavy atom. The fraction of sp³-hybridized carbons (Fsp3) is 0.545. The summed E-state index contributed by atoms with van der Waals surface area (Å²) in [5, 5.41) is 0. The molecule has 1 fully saturated rings. The zero-order valence-corrected chi connectivity index (χ0v) is 9.02. The van der Waals surface area contributed by atoms with Crippen LogP contribution in [0.1, 0.15) is 13.3 Å². The van der Waals surface area contributed by atoms with Crippen LogP contribution in [0, 0.1) is 0 Å². The third-order valence-corrected chi connectivity index (χ3v) is 2.58. The standard InChI is InChI=1S/C11H17N3O/c1-9-8-14(5-2-6-15-9)10-3-4-13-11(12)7-10/h3-4,7,9H,2,5-6,8H2,1H3,(H2,12,13). The number of aromatic nitrogens is 1. The van der Waals surface area contributed by atoms with E-state index in [-0.39, 0.29) is 6.10 Å². The number of ether oxygens (including phenoxy) is 1. The first kappa shape index (κ1) is 10.2. The van der Waals surface area contributed by atoms with Gasteiger partial charge < -0.3 is 15.4 Å². The quantitative estimate of drug-likeness (QED) is 0.753. The molecule has 1 aromatic heterocycles. The van der Waals surface area contributed by atoms with Crippen LogP contribution in [-0.4, -0.2) is 30.8 Å². The predicted octanol–water partition coefficient (Wildman–Crippen LogP) is 1.28. The number of anilines is 2. The zero-order chi connectivity index (χ0) is 10.7. The highest BCUT2D eigenvalue weighted by molar-refractivity contribution is 5.52. The number of pyridine rings is 1. The minimum Gasteiger partial charge on any atom is -0.384 e. The average Bonchev–Trinajstić information content (AvgIpc) is 2.43. The van der Waals surface area contributed by atoms with E-state index in [2.05, 4.69) is 16.8 Å². The molecule has 0 radical (unpaired) electrons. The Labute approximate surface area is 90.0 Å². The van der Waals surface area contributed by atoms with Gasteiger partial charge in [-0.25, -0.2) is 4.98 Å². The summed E-state index contributed by atoms with van der Waals surface area (Å²) in [4.78, 5) is 6.30. The summed E-state index contributed by atoms with van der Waals surface area (Å²) < 4.78 is 5.60. The summed E-state index contributed by atoms with van der Waals surface area (Å²) in [5.74, 6) is 0.574. The topological polar surface area (TPSA) is 51.4 Å². The molecule has 2 rings (SSSR count). The summed E-state index contributed by atoms with van der Waals surface area (Å²) >= 11 is 0. The third kappa shape index (κ3) is 2.59. The number of nitrogens with zero attached hydrogens (tertiary/aromatic N) is 2. The highest BCUT2D eigenvalue weighted by Gasteiger charge is 2.15. The summed E-state index contributed by atoms with van der Waals surface area (Å²) in [7, 11) is 0. The van der Waals surface area contributed by atoms with E-state index >= 15 is 0 Å². The number of rotatable bonds is 1. The van der Waals surface area contributed by atoms with Crippen LogP contribution in [0.15, 0.2) is 18.3 Å². The summed E-state index contributed by atoms with van der Waals surface area (Å²) in [6, 6.07) is 3.91. The Morgan fingerprint density at radius 3 is 3.27 bits per heavy atom. The van der Waals surface area contributed by atoms with Crippen molar-refractivity contribution in [2.24, 2.45) is 0 Å². The van der Waals surface area contributed by atoms with Crippen molar-refractivity contribution in [1.29, 1.82) is 0 Å². The van der Waals surface area contributed by atoms with Gasteiger partial charge in [0, 0.05) is 37.6 Å². The highest BCUT2D eigenvalue weighted by Crippen LogP contribution is 2.18. The van der Waals surface area contributed by atoms with E-state index in [4.69, 9.17) is 10.5 Å². The Balaban J connectivity index is 2.14. The van der Waals surface area contributed by atoms with Crippen molar-refractivity contribution >= 4 is 11.5 Å². The molecule has 1 aromatic rings. The molecule has 0 aromatic carbocycles. The van der Waals surface area contributed by atoms with Gasteiger partial charge in [-0.15, -0.1) is 0 Å². The molecule has 2 heterocycles. The smallest absolute Gasteiger partial charge is 0.125 e. The molecule has 82 valence electrons. The van der Waals surface area contributed by atoms with E-state index in [1.807, 2.05) is 12.1 Å². The molecule has 4 nitrogen and oxygen atoms in total. The van der Waals surface area contributed by atoms with Crippen LogP contribution in [0.3, 0.4) is 0 Å². The maximum Gasteiger partial charge on any atom is 0.125 e. The molecule has 4 heteroatoms. The van der Waals surface area contributed by atoms with Gasteiger partial charge in [0.05, 0.1) is 6.10 Å². The summed E-state index contributed by atoms with van der Waals surface area (Å²) in [5.41, 5.74) is 6.81. The van der Waals surface area contributed by atoms with Crippen LogP contribution in [-0.2, 0) is 4.74 Å². The first-order chi connectivity index (χ1) is 7.25. The fourth-order valence-electron chi connectivity index (χ4n) is 1.86. The molecule has 0 saturated carbocycles. The van der Waals surface area contributed by atoms with Crippen molar-refractivity contribution in [3.8, 4) is 0 Å². The lowest BCUT2D eigenvalue weighted by Crippen LogP contribution is -2.30. The van der Waals surface area contributed by atoms with E-state index in [0.29, 0.717) is 5.82 Å². The van der Waals surface area contributed by atoms with Gasteiger partial charge in [-0.3, -0.25) is 0 Å². The molecular formula is C11H17N3O. The van der Waals surface area contributed by atoms with E-state index < -0.39 is 0 Å². The lowest BCUT2D eigenvalue weighted by molar-refractivity contribution is 0.0821. The second-order valence-electron chi connectivity index (χ2n) is 3.92. The van der Waals surface area contributed by atoms with Gasteiger partial charge in [0.2, 0.25) is 0 Å². The van der Waals surface area contributed by atoms with E-state index in [1.54, 1.807) is 6.20 Å². The number of hydrogen-bond acceptors (Lipinski definition) is 4. The summed E-state index contributed by atoms with van der Waals surface area (Å²) in [6.45, 7) is 4.89. The van der Waals surface area contributed by atoms with Gasteiger partial charge in [0.25, 0.3) is 0 Å². The predicted molar refractivity (Wildman–Crippen MR) is 60.9 cm³/mol. The largest absolute Gasteiger partial charge is 0.384 e. The van der Waals surface area contributed by atoms with Crippen LogP contribution >= 0.6 is 0 Å². The van der Waals surface area contributed by atoms with Crippen LogP contribution < -0.4 is 10.6 Å². The van der Waals surface area contributed by atoms with Crippen LogP contribution in [0.5, 0.6) is 0 Å². The SMILES string of the molecule is CC1CN(c2ccnc(N)c2)CCCO1. The Morgan fingerprint density at radius 2 is 2.47 bits per heavy atom. The van der Waals surface area contributed by atoms with Crippen LogP contribution in [0.25, 0.3) is 0 Å². The van der Waals surface area contributed by atoms with Crippen molar-refractivity contribution in [3.05, 3.63) is 18.3 Å². The highest BCUT2D eigenvalue weighted by atomic mass is 16.5. The minimum atomic E-state index is 0.280. The number of hydrogen-bond donors (Lipinski definition) is 1. The second kappa shape index (κ2) is 4.49. The molecule has 0 aliphatic carbocycles. The van der Waals surface area contributed by atoms with Gasteiger partial charge in [-0.1, -0.05) is 0 Å². The molecule has 0 amide bonds. The second-order valence-corrected chi connectivity index (χ2v) is 3.92. The molecule has 15 heavy (non-hydrogen) atoms. The van der Waals surface area contributed by atoms with Gasteiger partial charge in [0.1, 0.15) is 5.82 Å². The van der Waals surface area contributed by atoms with E-state index in [9.17, 15) is 0 Å². The Hall–Kier alpha value is -1.29. The lowest BCUT2D eigenvalue weighted by Gasteiger charge is -2.24. The third-order valence-electron chi connectivity index (χ3n) is 2.58. The molecule has 2 N–H and O–H groups in total. The van der Waals surface area contributed by atoms with E-state index in [1.165, 1.54) is 0 Å². The first-order valence-corrected chi connectivity index (χ1v) is 5.34. The number of nitrogen functional groups attached to an aromatic ring is 1. The molecule has 1 aliphatic heterocycles. The lowest BCUT2D eigenvalue weighted by atomic mass is 10.3. The monoisotopic (exact) mass is 207 g/mol. The fourth-order valence-corrected chi connectivity index (χ4v) is 1.86. The van der Waals surface area contributed by atoms with Crippen molar-refractivity contribution < 1.29 is 4.74 Å². The maximum atomic E-state index is 5.67. The normalized spacial score (nSPS) is 22.5. The zero-order valence-electron chi connectivity index (χ0n) is 9.02. The van der Waals surface area contributed by atoms with Gasteiger partial charge in [-0.2, -0.15) is 0 Å². The van der Waals surface area contributed by atoms with Crippen LogP contribution in [0.4, 0.5) is 11.5 Å². The summed E-state index contributed by atoms with van der Waals surface area (Å²) in [6.07, 6.45) is 3.09. The van der Waals surface area contributed by atoms with Crippen molar-refractivity contribution in [2.45, 2.75) is 19.4 Å². The molecule has 1 atom stereocenters. The van der Waals surface area contributed by atoms with Gasteiger partial charge in [0.15, 0.2) is 0 Å². The van der Waals surface area contributed by atoms with Gasteiger partial charge in [-0.05, 0) is 19.4 Å². The minimum absolute atomic E-state index is 0.280. The van der Waals surface area contributed by atoms with Gasteiger partial charge >= 0.3 is 0 Å². The molecule has 1 saturated heterocycles. The Kier molecular flexibility index (Phi) is 3.06. The molecule has 1 unspecified atom stereocenters. The average molecular weight is 207 g/mol. The number of nitrogens with two attached hydrogens (primary N) is 1. The van der Waals surface area contributed by atoms with E-state index in [0.717, 1.165) is 31.8 Å². The maximum absolute atomic E-state index is 5.67. The molecule has 0 bridgehead atoms. The molecular weight excluding hydrogens is 190 g/mol. The molecule has 0 spiro atoms. The first-order valence-electron chi connectivity index (χ1n) is 5.34. The van der Waals surface area contributed by atoms with Crippen molar-refractivity contribution in [1.82, 2.24) is 4.98 Å². The Bertz CT molecular complexity index is 329. The van der Waals surface area contributed by atoms with Crippen molar-refractivity contribution in [2.75, 3.05) is 30.3 Å². The van der Waals surface area contributed by atoms with Crippen LogP contribution in [0.2, 0.25) is 0 Å². The van der Waals surface area contributed by atoms with Crippen molar-refractivity contribution in [3.63, 3.8) is 0 Å². The molecule has 1 aliphatic rings.